The molecule has 0 aliphatic carbocycles. The number of hydrogen-bond donors (Lipinski definition) is 2. The summed E-state index contributed by atoms with van der Waals surface area (Å²) >= 11 is 4.34. The first-order valence-electron chi connectivity index (χ1n) is 9.45. The molecule has 23 heavy (non-hydrogen) atoms. The van der Waals surface area contributed by atoms with E-state index in [1.165, 1.54) is 89.7 Å². The highest BCUT2D eigenvalue weighted by atomic mass is 32.5. The predicted molar refractivity (Wildman–Crippen MR) is 104 cm³/mol. The fraction of sp³-hybridized carbons (Fsp3) is 0.889. The van der Waals surface area contributed by atoms with Crippen LogP contribution in [-0.4, -0.2) is 9.79 Å². The maximum absolute atomic E-state index is 8.85. The van der Waals surface area contributed by atoms with Crippen LogP contribution in [0.4, 0.5) is 0 Å². The van der Waals surface area contributed by atoms with Crippen LogP contribution < -0.4 is 0 Å². The van der Waals surface area contributed by atoms with Gasteiger partial charge in [-0.2, -0.15) is 0 Å². The summed E-state index contributed by atoms with van der Waals surface area (Å²) in [5.74, 6) is 0. The highest BCUT2D eigenvalue weighted by Gasteiger charge is 2.03. The van der Waals surface area contributed by atoms with Crippen LogP contribution >= 0.6 is 6.72 Å². The van der Waals surface area contributed by atoms with E-state index in [2.05, 4.69) is 23.3 Å². The van der Waals surface area contributed by atoms with Gasteiger partial charge < -0.3 is 14.3 Å². The van der Waals surface area contributed by atoms with Gasteiger partial charge in [-0.3, -0.25) is 0 Å². The highest BCUT2D eigenvalue weighted by Crippen LogP contribution is 2.36. The van der Waals surface area contributed by atoms with Crippen LogP contribution in [0.3, 0.4) is 0 Å². The summed E-state index contributed by atoms with van der Waals surface area (Å²) in [6.07, 6.45) is 23.1. The molecule has 0 fully saturated rings. The molecular formula is C18H37O3PS. The van der Waals surface area contributed by atoms with Crippen molar-refractivity contribution in [2.75, 3.05) is 0 Å². The molecule has 0 saturated heterocycles. The summed E-state index contributed by atoms with van der Waals surface area (Å²) in [4.78, 5) is 17.7. The molecule has 0 bridgehead atoms. The Labute approximate surface area is 148 Å². The van der Waals surface area contributed by atoms with Crippen LogP contribution in [0.25, 0.3) is 0 Å². The van der Waals surface area contributed by atoms with Crippen molar-refractivity contribution in [1.29, 1.82) is 0 Å². The van der Waals surface area contributed by atoms with Gasteiger partial charge in [-0.15, -0.1) is 0 Å². The Kier molecular flexibility index (Phi) is 17.0. The van der Waals surface area contributed by atoms with E-state index >= 15 is 0 Å². The maximum atomic E-state index is 8.85. The van der Waals surface area contributed by atoms with Crippen molar-refractivity contribution >= 4 is 18.5 Å². The van der Waals surface area contributed by atoms with Crippen molar-refractivity contribution in [3.05, 3.63) is 12.3 Å². The average Bonchev–Trinajstić information content (AvgIpc) is 2.49. The van der Waals surface area contributed by atoms with Crippen LogP contribution in [-0.2, 0) is 16.3 Å². The molecule has 0 amide bonds. The highest BCUT2D eigenvalue weighted by molar-refractivity contribution is 8.06. The van der Waals surface area contributed by atoms with Gasteiger partial charge >= 0.3 is 6.72 Å². The standard InChI is InChI=1S/C18H37O3PS/c1-2-3-4-5-6-7-8-9-10-11-12-13-14-15-16-17-18-21-22(19,20)23/h17-18H,2-16H2,1H3,(H2,19,20,23). The number of unbranched alkanes of at least 4 members (excludes halogenated alkanes) is 14. The zero-order valence-electron chi connectivity index (χ0n) is 14.9. The second-order valence-electron chi connectivity index (χ2n) is 6.35. The molecule has 0 aliphatic rings. The van der Waals surface area contributed by atoms with Gasteiger partial charge in [-0.25, -0.2) is 0 Å². The van der Waals surface area contributed by atoms with E-state index in [0.29, 0.717) is 0 Å². The Morgan fingerprint density at radius 3 is 1.52 bits per heavy atom. The van der Waals surface area contributed by atoms with Gasteiger partial charge in [0, 0.05) is 11.8 Å². The molecule has 138 valence electrons. The first-order valence-corrected chi connectivity index (χ1v) is 12.1. The lowest BCUT2D eigenvalue weighted by Crippen LogP contribution is -1.83. The first kappa shape index (κ1) is 23.1. The molecule has 0 aromatic heterocycles. The number of hydrogen-bond acceptors (Lipinski definition) is 2. The van der Waals surface area contributed by atoms with Gasteiger partial charge in [0.25, 0.3) is 0 Å². The molecule has 0 rings (SSSR count). The van der Waals surface area contributed by atoms with Crippen LogP contribution in [0.15, 0.2) is 12.3 Å². The zero-order chi connectivity index (χ0) is 17.2. The van der Waals surface area contributed by atoms with E-state index in [9.17, 15) is 0 Å². The Balaban J connectivity index is 3.09. The number of allylic oxidation sites excluding steroid dienone is 1. The van der Waals surface area contributed by atoms with E-state index in [4.69, 9.17) is 9.79 Å². The van der Waals surface area contributed by atoms with E-state index < -0.39 is 6.72 Å². The molecule has 0 aromatic rings. The van der Waals surface area contributed by atoms with E-state index in [1.807, 2.05) is 6.08 Å². The molecule has 0 heterocycles. The maximum Gasteiger partial charge on any atom is 0.374 e. The minimum atomic E-state index is -3.51. The molecule has 0 aliphatic heterocycles. The smallest absolute Gasteiger partial charge is 0.374 e. The van der Waals surface area contributed by atoms with Gasteiger partial charge in [0.2, 0.25) is 0 Å². The van der Waals surface area contributed by atoms with Crippen LogP contribution in [0, 0.1) is 0 Å². The summed E-state index contributed by atoms with van der Waals surface area (Å²) < 4.78 is 4.60. The van der Waals surface area contributed by atoms with Gasteiger partial charge in [-0.05, 0) is 18.9 Å². The summed E-state index contributed by atoms with van der Waals surface area (Å²) in [7, 11) is 0. The van der Waals surface area contributed by atoms with Crippen molar-refractivity contribution in [3.8, 4) is 0 Å². The molecule has 0 radical (unpaired) electrons. The van der Waals surface area contributed by atoms with Crippen LogP contribution in [0.5, 0.6) is 0 Å². The van der Waals surface area contributed by atoms with E-state index in [0.717, 1.165) is 12.8 Å². The van der Waals surface area contributed by atoms with E-state index in [1.54, 1.807) is 0 Å². The minimum Gasteiger partial charge on any atom is -0.433 e. The van der Waals surface area contributed by atoms with Crippen LogP contribution in [0.2, 0.25) is 0 Å². The predicted octanol–water partition coefficient (Wildman–Crippen LogP) is 6.60. The van der Waals surface area contributed by atoms with Gasteiger partial charge in [-0.1, -0.05) is 90.4 Å². The molecule has 0 unspecified atom stereocenters. The summed E-state index contributed by atoms with van der Waals surface area (Å²) in [6.45, 7) is -1.24. The van der Waals surface area contributed by atoms with Crippen molar-refractivity contribution in [2.45, 2.75) is 103 Å². The summed E-state index contributed by atoms with van der Waals surface area (Å²) in [6, 6.07) is 0. The number of rotatable bonds is 17. The molecule has 3 nitrogen and oxygen atoms in total. The fourth-order valence-corrected chi connectivity index (χ4v) is 3.04. The fourth-order valence-electron chi connectivity index (χ4n) is 2.65. The second-order valence-corrected chi connectivity index (χ2v) is 8.97. The lowest BCUT2D eigenvalue weighted by atomic mass is 10.0. The molecule has 5 heteroatoms. The Morgan fingerprint density at radius 2 is 1.13 bits per heavy atom. The van der Waals surface area contributed by atoms with Crippen molar-refractivity contribution in [2.24, 2.45) is 0 Å². The lowest BCUT2D eigenvalue weighted by molar-refractivity contribution is 0.337. The first-order chi connectivity index (χ1) is 11.1. The van der Waals surface area contributed by atoms with Crippen molar-refractivity contribution in [1.82, 2.24) is 0 Å². The molecular weight excluding hydrogens is 327 g/mol. The minimum absolute atomic E-state index is 0.910. The Morgan fingerprint density at radius 1 is 0.739 bits per heavy atom. The topological polar surface area (TPSA) is 49.7 Å². The SMILES string of the molecule is CCCCCCCCCCCCCCCCC=COP(O)(O)=S. The van der Waals surface area contributed by atoms with Gasteiger partial charge in [0.15, 0.2) is 0 Å². The monoisotopic (exact) mass is 364 g/mol. The van der Waals surface area contributed by atoms with Gasteiger partial charge in [0.1, 0.15) is 0 Å². The largest absolute Gasteiger partial charge is 0.433 e. The third kappa shape index (κ3) is 22.1. The van der Waals surface area contributed by atoms with Crippen molar-refractivity contribution in [3.63, 3.8) is 0 Å². The van der Waals surface area contributed by atoms with Crippen molar-refractivity contribution < 1.29 is 14.3 Å². The summed E-state index contributed by atoms with van der Waals surface area (Å²) in [5, 5.41) is 0. The third-order valence-electron chi connectivity index (χ3n) is 4.02. The lowest BCUT2D eigenvalue weighted by Gasteiger charge is -2.04. The normalized spacial score (nSPS) is 12.1. The Hall–Kier alpha value is 0.110. The van der Waals surface area contributed by atoms with Crippen LogP contribution in [0.1, 0.15) is 103 Å². The molecule has 0 aromatic carbocycles. The quantitative estimate of drug-likeness (QED) is 0.173. The Bertz CT molecular complexity index is 315. The molecule has 0 spiro atoms. The molecule has 2 N–H and O–H groups in total. The van der Waals surface area contributed by atoms with Gasteiger partial charge in [0.05, 0.1) is 6.26 Å². The third-order valence-corrected chi connectivity index (χ3v) is 4.67. The molecule has 0 atom stereocenters. The average molecular weight is 365 g/mol. The van der Waals surface area contributed by atoms with E-state index in [-0.39, 0.29) is 0 Å². The second kappa shape index (κ2) is 17.0. The summed E-state index contributed by atoms with van der Waals surface area (Å²) in [5.41, 5.74) is 0. The molecule has 0 saturated carbocycles. The zero-order valence-corrected chi connectivity index (χ0v) is 16.6.